The van der Waals surface area contributed by atoms with E-state index in [0.29, 0.717) is 11.3 Å². The summed E-state index contributed by atoms with van der Waals surface area (Å²) in [5, 5.41) is 12.2. The fourth-order valence-electron chi connectivity index (χ4n) is 8.39. The number of pyridine rings is 2. The standard InChI is InChI=1S/C56H49BN2O2/c1-55(2,3)42-30-40(31-43(35-42)56(4,5)6)41-33-49(59-50(34-41)46-24-13-14-25-51(46)60)39-22-17-23-44(32-39)57(52-26-15-16-28-58-52)53-48(38-20-11-8-12-21-38)36-47(37-18-9-7-10-19-37)45-27-29-61-54(45)53/h7-36,60H,1-6H3. The van der Waals surface area contributed by atoms with E-state index in [0.717, 1.165) is 72.1 Å². The molecule has 0 unspecified atom stereocenters. The highest BCUT2D eigenvalue weighted by molar-refractivity contribution is 6.97. The van der Waals surface area contributed by atoms with Gasteiger partial charge in [0.05, 0.1) is 17.7 Å². The van der Waals surface area contributed by atoms with Gasteiger partial charge in [-0.05, 0) is 115 Å². The van der Waals surface area contributed by atoms with Crippen LogP contribution in [0.1, 0.15) is 52.7 Å². The van der Waals surface area contributed by atoms with Crippen LogP contribution in [-0.2, 0) is 10.8 Å². The number of rotatable bonds is 8. The number of hydrogen-bond acceptors (Lipinski definition) is 4. The van der Waals surface area contributed by atoms with Crippen molar-refractivity contribution in [1.82, 2.24) is 9.97 Å². The SMILES string of the molecule is CC(C)(C)c1cc(-c2cc(-c3cccc(B(c4ccccn4)c4c(-c5ccccc5)cc(-c5ccccc5)c5ccoc45)c3)nc(-c3ccccc3O)c2)cc(C(C)(C)C)c1. The molecule has 0 aliphatic carbocycles. The van der Waals surface area contributed by atoms with Crippen LogP contribution in [0, 0.1) is 0 Å². The zero-order valence-corrected chi connectivity index (χ0v) is 35.6. The Morgan fingerprint density at radius 2 is 1.10 bits per heavy atom. The molecule has 0 saturated heterocycles. The van der Waals surface area contributed by atoms with E-state index in [-0.39, 0.29) is 23.3 Å². The number of benzene rings is 6. The van der Waals surface area contributed by atoms with E-state index in [1.54, 1.807) is 12.3 Å². The smallest absolute Gasteiger partial charge is 0.270 e. The summed E-state index contributed by atoms with van der Waals surface area (Å²) in [4.78, 5) is 10.3. The third-order valence-corrected chi connectivity index (χ3v) is 11.7. The lowest BCUT2D eigenvalue weighted by Gasteiger charge is -2.26. The number of phenolic OH excluding ortho intramolecular Hbond substituents is 1. The summed E-state index contributed by atoms with van der Waals surface area (Å²) in [6, 6.07) is 59.1. The molecule has 0 atom stereocenters. The van der Waals surface area contributed by atoms with Gasteiger partial charge in [0, 0.05) is 22.7 Å². The van der Waals surface area contributed by atoms with E-state index in [9.17, 15) is 5.11 Å². The van der Waals surface area contributed by atoms with Crippen molar-refractivity contribution >= 4 is 34.2 Å². The van der Waals surface area contributed by atoms with Crippen LogP contribution in [0.15, 0.2) is 187 Å². The summed E-state index contributed by atoms with van der Waals surface area (Å²) >= 11 is 0. The molecule has 3 heterocycles. The lowest BCUT2D eigenvalue weighted by Crippen LogP contribution is -2.54. The van der Waals surface area contributed by atoms with Crippen LogP contribution in [0.4, 0.5) is 0 Å². The second-order valence-corrected chi connectivity index (χ2v) is 18.0. The molecule has 61 heavy (non-hydrogen) atoms. The van der Waals surface area contributed by atoms with Gasteiger partial charge in [0.25, 0.3) is 6.71 Å². The van der Waals surface area contributed by atoms with Crippen molar-refractivity contribution in [3.8, 4) is 61.6 Å². The minimum absolute atomic E-state index is 0.0570. The number of nitrogens with zero attached hydrogens (tertiary/aromatic N) is 2. The van der Waals surface area contributed by atoms with Crippen LogP contribution in [0.5, 0.6) is 5.75 Å². The van der Waals surface area contributed by atoms with Crippen LogP contribution < -0.4 is 16.5 Å². The first-order valence-electron chi connectivity index (χ1n) is 21.1. The first-order chi connectivity index (χ1) is 29.4. The normalized spacial score (nSPS) is 11.8. The molecular formula is C56H49BN2O2. The van der Waals surface area contributed by atoms with Crippen molar-refractivity contribution in [2.45, 2.75) is 52.4 Å². The van der Waals surface area contributed by atoms with Gasteiger partial charge < -0.3 is 9.52 Å². The lowest BCUT2D eigenvalue weighted by atomic mass is 9.37. The van der Waals surface area contributed by atoms with Gasteiger partial charge in [0.1, 0.15) is 11.3 Å². The first-order valence-corrected chi connectivity index (χ1v) is 21.1. The minimum Gasteiger partial charge on any atom is -0.507 e. The molecule has 298 valence electrons. The highest BCUT2D eigenvalue weighted by Crippen LogP contribution is 2.39. The number of furan rings is 1. The number of aromatic hydroxyl groups is 1. The molecule has 3 aromatic heterocycles. The Bertz CT molecular complexity index is 2960. The third kappa shape index (κ3) is 7.92. The maximum absolute atomic E-state index is 11.2. The van der Waals surface area contributed by atoms with E-state index in [1.807, 2.05) is 30.5 Å². The molecular weight excluding hydrogens is 743 g/mol. The number of fused-ring (bicyclic) bond motifs is 1. The fraction of sp³-hybridized carbons (Fsp3) is 0.143. The zero-order valence-electron chi connectivity index (χ0n) is 35.6. The van der Waals surface area contributed by atoms with E-state index in [4.69, 9.17) is 14.4 Å². The van der Waals surface area contributed by atoms with Gasteiger partial charge in [-0.3, -0.25) is 4.98 Å². The number of aromatic nitrogens is 2. The zero-order chi connectivity index (χ0) is 42.3. The third-order valence-electron chi connectivity index (χ3n) is 11.7. The predicted molar refractivity (Wildman–Crippen MR) is 256 cm³/mol. The molecule has 6 aromatic carbocycles. The second-order valence-electron chi connectivity index (χ2n) is 18.0. The Balaban J connectivity index is 1.29. The predicted octanol–water partition coefficient (Wildman–Crippen LogP) is 12.4. The van der Waals surface area contributed by atoms with Gasteiger partial charge in [-0.2, -0.15) is 0 Å². The maximum Gasteiger partial charge on any atom is 0.270 e. The van der Waals surface area contributed by atoms with Crippen LogP contribution in [-0.4, -0.2) is 21.8 Å². The van der Waals surface area contributed by atoms with Gasteiger partial charge in [-0.25, -0.2) is 4.98 Å². The average molecular weight is 793 g/mol. The van der Waals surface area contributed by atoms with Crippen molar-refractivity contribution in [2.24, 2.45) is 0 Å². The Kier molecular flexibility index (Phi) is 10.3. The largest absolute Gasteiger partial charge is 0.507 e. The van der Waals surface area contributed by atoms with Crippen molar-refractivity contribution in [1.29, 1.82) is 0 Å². The fourth-order valence-corrected chi connectivity index (χ4v) is 8.39. The van der Waals surface area contributed by atoms with Crippen molar-refractivity contribution in [3.05, 3.63) is 193 Å². The molecule has 9 aromatic rings. The Hall–Kier alpha value is -6.98. The van der Waals surface area contributed by atoms with Gasteiger partial charge in [0.15, 0.2) is 0 Å². The Morgan fingerprint density at radius 1 is 0.492 bits per heavy atom. The highest BCUT2D eigenvalue weighted by Gasteiger charge is 2.32. The number of para-hydroxylation sites is 1. The molecule has 0 aliphatic heterocycles. The monoisotopic (exact) mass is 792 g/mol. The van der Waals surface area contributed by atoms with Crippen LogP contribution in [0.3, 0.4) is 0 Å². The van der Waals surface area contributed by atoms with Crippen LogP contribution >= 0.6 is 0 Å². The molecule has 9 rings (SSSR count). The van der Waals surface area contributed by atoms with Gasteiger partial charge >= 0.3 is 0 Å². The van der Waals surface area contributed by atoms with Crippen molar-refractivity contribution in [2.75, 3.05) is 0 Å². The number of phenols is 1. The Morgan fingerprint density at radius 3 is 1.75 bits per heavy atom. The average Bonchev–Trinajstić information content (AvgIpc) is 3.77. The lowest BCUT2D eigenvalue weighted by molar-refractivity contribution is 0.477. The Labute approximate surface area is 359 Å². The highest BCUT2D eigenvalue weighted by atomic mass is 16.3. The van der Waals surface area contributed by atoms with E-state index in [2.05, 4.69) is 181 Å². The van der Waals surface area contributed by atoms with Crippen molar-refractivity contribution in [3.63, 3.8) is 0 Å². The van der Waals surface area contributed by atoms with E-state index < -0.39 is 0 Å². The summed E-state index contributed by atoms with van der Waals surface area (Å²) in [6.07, 6.45) is 3.67. The van der Waals surface area contributed by atoms with E-state index in [1.165, 1.54) is 11.1 Å². The summed E-state index contributed by atoms with van der Waals surface area (Å²) < 4.78 is 6.56. The molecule has 1 N–H and O–H groups in total. The molecule has 0 fully saturated rings. The molecule has 0 amide bonds. The topological polar surface area (TPSA) is 59.2 Å². The first kappa shape index (κ1) is 39.5. The summed E-state index contributed by atoms with van der Waals surface area (Å²) in [6.45, 7) is 13.3. The number of hydrogen-bond donors (Lipinski definition) is 1. The maximum atomic E-state index is 11.2. The quantitative estimate of drug-likeness (QED) is 0.156. The molecule has 4 nitrogen and oxygen atoms in total. The van der Waals surface area contributed by atoms with E-state index >= 15 is 0 Å². The van der Waals surface area contributed by atoms with Gasteiger partial charge in [-0.15, -0.1) is 0 Å². The minimum atomic E-state index is -0.298. The van der Waals surface area contributed by atoms with Gasteiger partial charge in [-0.1, -0.05) is 168 Å². The molecule has 0 radical (unpaired) electrons. The summed E-state index contributed by atoms with van der Waals surface area (Å²) in [5.41, 5.74) is 16.0. The molecule has 0 spiro atoms. The summed E-state index contributed by atoms with van der Waals surface area (Å²) in [5.74, 6) is 0.191. The van der Waals surface area contributed by atoms with Gasteiger partial charge in [0.2, 0.25) is 0 Å². The second kappa shape index (κ2) is 15.9. The molecule has 0 saturated carbocycles. The molecule has 0 bridgehead atoms. The molecule has 5 heteroatoms. The summed E-state index contributed by atoms with van der Waals surface area (Å²) in [7, 11) is 0. The van der Waals surface area contributed by atoms with Crippen molar-refractivity contribution < 1.29 is 9.52 Å². The van der Waals surface area contributed by atoms with Crippen LogP contribution in [0.25, 0.3) is 66.9 Å². The van der Waals surface area contributed by atoms with Crippen LogP contribution in [0.2, 0.25) is 0 Å². The molecule has 0 aliphatic rings.